The minimum atomic E-state index is -0.0368. The molecule has 0 amide bonds. The highest BCUT2D eigenvalue weighted by Crippen LogP contribution is 2.14. The van der Waals surface area contributed by atoms with Crippen LogP contribution in [0.25, 0.3) is 0 Å². The van der Waals surface area contributed by atoms with Crippen molar-refractivity contribution in [2.75, 3.05) is 11.9 Å². The molecule has 3 nitrogen and oxygen atoms in total. The molecule has 0 aliphatic heterocycles. The molecule has 0 saturated carbocycles. The van der Waals surface area contributed by atoms with Crippen molar-refractivity contribution in [3.63, 3.8) is 0 Å². The van der Waals surface area contributed by atoms with Crippen LogP contribution in [0.3, 0.4) is 0 Å². The van der Waals surface area contributed by atoms with Crippen LogP contribution in [0.5, 0.6) is 5.75 Å². The van der Waals surface area contributed by atoms with E-state index < -0.39 is 0 Å². The minimum absolute atomic E-state index is 0.0368. The van der Waals surface area contributed by atoms with Crippen LogP contribution in [0.15, 0.2) is 60.8 Å². The number of carbonyl (C=O) groups is 1. The number of ether oxygens (including phenoxy) is 1. The molecule has 2 rings (SSSR count). The van der Waals surface area contributed by atoms with E-state index in [1.807, 2.05) is 43.3 Å². The Kier molecular flexibility index (Phi) is 6.42. The van der Waals surface area contributed by atoms with Gasteiger partial charge in [-0.3, -0.25) is 4.79 Å². The fraction of sp³-hybridized carbons (Fsp3) is 0.250. The van der Waals surface area contributed by atoms with E-state index in [0.717, 1.165) is 24.3 Å². The predicted molar refractivity (Wildman–Crippen MR) is 95.1 cm³/mol. The van der Waals surface area contributed by atoms with Crippen LogP contribution in [-0.2, 0) is 0 Å². The monoisotopic (exact) mass is 309 g/mol. The van der Waals surface area contributed by atoms with E-state index in [-0.39, 0.29) is 5.78 Å². The zero-order valence-electron chi connectivity index (χ0n) is 13.7. The number of nitrogens with one attached hydrogen (secondary N) is 1. The maximum Gasteiger partial charge on any atom is 0.187 e. The molecule has 3 heteroatoms. The molecule has 0 heterocycles. The SMILES string of the molecule is CCCCOc1ccc(C(=O)/C=C/Nc2cccc(C)c2)cc1. The van der Waals surface area contributed by atoms with E-state index in [1.54, 1.807) is 18.3 Å². The number of aryl methyl sites for hydroxylation is 1. The molecule has 0 atom stereocenters. The zero-order chi connectivity index (χ0) is 16.5. The van der Waals surface area contributed by atoms with Gasteiger partial charge in [0.25, 0.3) is 0 Å². The second-order valence-corrected chi connectivity index (χ2v) is 5.44. The van der Waals surface area contributed by atoms with Gasteiger partial charge in [0.1, 0.15) is 5.75 Å². The molecular weight excluding hydrogens is 286 g/mol. The fourth-order valence-corrected chi connectivity index (χ4v) is 2.09. The molecule has 0 saturated heterocycles. The average Bonchev–Trinajstić information content (AvgIpc) is 2.56. The van der Waals surface area contributed by atoms with Crippen LogP contribution >= 0.6 is 0 Å². The van der Waals surface area contributed by atoms with E-state index in [0.29, 0.717) is 12.2 Å². The molecule has 120 valence electrons. The molecule has 23 heavy (non-hydrogen) atoms. The van der Waals surface area contributed by atoms with Crippen LogP contribution in [0, 0.1) is 6.92 Å². The first-order valence-electron chi connectivity index (χ1n) is 7.96. The number of unbranched alkanes of at least 4 members (excludes halogenated alkanes) is 1. The van der Waals surface area contributed by atoms with Gasteiger partial charge < -0.3 is 10.1 Å². The van der Waals surface area contributed by atoms with Gasteiger partial charge in [-0.15, -0.1) is 0 Å². The molecule has 2 aromatic rings. The van der Waals surface area contributed by atoms with E-state index in [9.17, 15) is 4.79 Å². The molecule has 2 aromatic carbocycles. The summed E-state index contributed by atoms with van der Waals surface area (Å²) in [5.74, 6) is 0.766. The van der Waals surface area contributed by atoms with Crippen LogP contribution in [0.2, 0.25) is 0 Å². The van der Waals surface area contributed by atoms with Crippen molar-refractivity contribution in [1.29, 1.82) is 0 Å². The van der Waals surface area contributed by atoms with Crippen LogP contribution in [-0.4, -0.2) is 12.4 Å². The fourth-order valence-electron chi connectivity index (χ4n) is 2.09. The number of hydrogen-bond donors (Lipinski definition) is 1. The van der Waals surface area contributed by atoms with Gasteiger partial charge in [-0.1, -0.05) is 25.5 Å². The summed E-state index contributed by atoms with van der Waals surface area (Å²) in [4.78, 5) is 12.1. The van der Waals surface area contributed by atoms with Crippen molar-refractivity contribution in [3.8, 4) is 5.75 Å². The Labute approximate surface area is 138 Å². The number of rotatable bonds is 8. The first-order valence-corrected chi connectivity index (χ1v) is 7.96. The molecule has 0 unspecified atom stereocenters. The topological polar surface area (TPSA) is 38.3 Å². The van der Waals surface area contributed by atoms with Gasteiger partial charge in [-0.2, -0.15) is 0 Å². The lowest BCUT2D eigenvalue weighted by atomic mass is 10.1. The summed E-state index contributed by atoms with van der Waals surface area (Å²) in [6.07, 6.45) is 5.35. The summed E-state index contributed by atoms with van der Waals surface area (Å²) < 4.78 is 5.59. The van der Waals surface area contributed by atoms with Crippen LogP contribution in [0.4, 0.5) is 5.69 Å². The highest BCUT2D eigenvalue weighted by Gasteiger charge is 2.02. The van der Waals surface area contributed by atoms with Gasteiger partial charge in [0.15, 0.2) is 5.78 Å². The molecule has 1 N–H and O–H groups in total. The lowest BCUT2D eigenvalue weighted by Gasteiger charge is -2.05. The van der Waals surface area contributed by atoms with Gasteiger partial charge in [0.05, 0.1) is 6.61 Å². The van der Waals surface area contributed by atoms with E-state index in [2.05, 4.69) is 12.2 Å². The molecule has 0 spiro atoms. The summed E-state index contributed by atoms with van der Waals surface area (Å²) >= 11 is 0. The van der Waals surface area contributed by atoms with Gasteiger partial charge in [0.2, 0.25) is 0 Å². The summed E-state index contributed by atoms with van der Waals surface area (Å²) in [5.41, 5.74) is 2.79. The summed E-state index contributed by atoms with van der Waals surface area (Å²) in [5, 5.41) is 3.11. The quantitative estimate of drug-likeness (QED) is 0.424. The lowest BCUT2D eigenvalue weighted by molar-refractivity contribution is 0.104. The van der Waals surface area contributed by atoms with Crippen LogP contribution < -0.4 is 10.1 Å². The molecular formula is C20H23NO2. The molecule has 0 fully saturated rings. The third kappa shape index (κ3) is 5.62. The van der Waals surface area contributed by atoms with Crippen molar-refractivity contribution in [1.82, 2.24) is 0 Å². The second kappa shape index (κ2) is 8.79. The Balaban J connectivity index is 1.88. The van der Waals surface area contributed by atoms with Crippen molar-refractivity contribution in [2.45, 2.75) is 26.7 Å². The summed E-state index contributed by atoms with van der Waals surface area (Å²) in [6.45, 7) is 4.87. The van der Waals surface area contributed by atoms with E-state index in [1.165, 1.54) is 11.6 Å². The Hall–Kier alpha value is -2.55. The van der Waals surface area contributed by atoms with Crippen molar-refractivity contribution in [3.05, 3.63) is 71.9 Å². The molecule has 0 radical (unpaired) electrons. The maximum absolute atomic E-state index is 12.1. The van der Waals surface area contributed by atoms with Crippen molar-refractivity contribution in [2.24, 2.45) is 0 Å². The van der Waals surface area contributed by atoms with Gasteiger partial charge >= 0.3 is 0 Å². The first-order chi connectivity index (χ1) is 11.2. The van der Waals surface area contributed by atoms with E-state index >= 15 is 0 Å². The summed E-state index contributed by atoms with van der Waals surface area (Å²) in [7, 11) is 0. The Bertz CT molecular complexity index is 660. The van der Waals surface area contributed by atoms with E-state index in [4.69, 9.17) is 4.74 Å². The third-order valence-electron chi connectivity index (χ3n) is 3.41. The normalized spacial score (nSPS) is 10.7. The molecule has 0 bridgehead atoms. The van der Waals surface area contributed by atoms with Crippen LogP contribution in [0.1, 0.15) is 35.7 Å². The number of ketones is 1. The number of anilines is 1. The zero-order valence-corrected chi connectivity index (χ0v) is 13.7. The molecule has 0 aliphatic rings. The Morgan fingerprint density at radius 1 is 1.17 bits per heavy atom. The van der Waals surface area contributed by atoms with Gasteiger partial charge in [-0.25, -0.2) is 0 Å². The standard InChI is InChI=1S/C20H23NO2/c1-3-4-14-23-19-10-8-17(9-11-19)20(22)12-13-21-18-7-5-6-16(2)15-18/h5-13,15,21H,3-4,14H2,1-2H3/b13-12+. The lowest BCUT2D eigenvalue weighted by Crippen LogP contribution is -1.99. The largest absolute Gasteiger partial charge is 0.494 e. The third-order valence-corrected chi connectivity index (χ3v) is 3.41. The smallest absolute Gasteiger partial charge is 0.187 e. The Morgan fingerprint density at radius 3 is 2.65 bits per heavy atom. The van der Waals surface area contributed by atoms with Gasteiger partial charge in [-0.05, 0) is 55.3 Å². The molecule has 0 aliphatic carbocycles. The number of carbonyl (C=O) groups excluding carboxylic acids is 1. The predicted octanol–water partition coefficient (Wildman–Crippen LogP) is 4.98. The minimum Gasteiger partial charge on any atom is -0.494 e. The van der Waals surface area contributed by atoms with Crippen molar-refractivity contribution >= 4 is 11.5 Å². The maximum atomic E-state index is 12.1. The number of allylic oxidation sites excluding steroid dienone is 1. The second-order valence-electron chi connectivity index (χ2n) is 5.44. The highest BCUT2D eigenvalue weighted by molar-refractivity contribution is 6.04. The van der Waals surface area contributed by atoms with Crippen molar-refractivity contribution < 1.29 is 9.53 Å². The van der Waals surface area contributed by atoms with Gasteiger partial charge in [0, 0.05) is 23.5 Å². The number of benzene rings is 2. The Morgan fingerprint density at radius 2 is 1.96 bits per heavy atom. The average molecular weight is 309 g/mol. The highest BCUT2D eigenvalue weighted by atomic mass is 16.5. The molecule has 0 aromatic heterocycles. The summed E-state index contributed by atoms with van der Waals surface area (Å²) in [6, 6.07) is 15.3. The first kappa shape index (κ1) is 16.8. The number of hydrogen-bond acceptors (Lipinski definition) is 3.